The van der Waals surface area contributed by atoms with Crippen LogP contribution in [-0.2, 0) is 19.2 Å². The molecule has 0 N–H and O–H groups in total. The van der Waals surface area contributed by atoms with Crippen molar-refractivity contribution in [3.05, 3.63) is 45.8 Å². The number of thioether (sulfide) groups is 1. The fourth-order valence-corrected chi connectivity index (χ4v) is 3.22. The van der Waals surface area contributed by atoms with Crippen LogP contribution in [0.4, 0.5) is 0 Å². The minimum Gasteiger partial charge on any atom is -0.339 e. The maximum Gasteiger partial charge on any atom is 0.261 e. The van der Waals surface area contributed by atoms with Gasteiger partial charge in [0.15, 0.2) is 11.0 Å². The van der Waals surface area contributed by atoms with Crippen LogP contribution in [0.3, 0.4) is 0 Å². The summed E-state index contributed by atoms with van der Waals surface area (Å²) in [6.07, 6.45) is 2.93. The molecule has 0 radical (unpaired) electrons. The smallest absolute Gasteiger partial charge is 0.261 e. The Hall–Kier alpha value is -2.15. The summed E-state index contributed by atoms with van der Waals surface area (Å²) in [7, 11) is 1.74. The Morgan fingerprint density at radius 2 is 2.12 bits per heavy atom. The van der Waals surface area contributed by atoms with Gasteiger partial charge in [0.25, 0.3) is 5.56 Å². The van der Waals surface area contributed by atoms with Gasteiger partial charge in [0, 0.05) is 13.5 Å². The molecule has 0 aliphatic heterocycles. The van der Waals surface area contributed by atoms with Gasteiger partial charge in [0.05, 0.1) is 16.7 Å². The van der Waals surface area contributed by atoms with Gasteiger partial charge < -0.3 is 4.52 Å². The second kappa shape index (κ2) is 7.17. The highest BCUT2D eigenvalue weighted by molar-refractivity contribution is 7.98. The second-order valence-corrected chi connectivity index (χ2v) is 6.72. The zero-order valence-electron chi connectivity index (χ0n) is 14.1. The molecule has 1 aromatic carbocycles. The van der Waals surface area contributed by atoms with Gasteiger partial charge in [0.1, 0.15) is 0 Å². The maximum absolute atomic E-state index is 12.5. The van der Waals surface area contributed by atoms with Gasteiger partial charge in [0.2, 0.25) is 5.89 Å². The Morgan fingerprint density at radius 3 is 2.92 bits per heavy atom. The molecule has 0 atom stereocenters. The lowest BCUT2D eigenvalue weighted by molar-refractivity contribution is 0.371. The number of rotatable bonds is 6. The van der Waals surface area contributed by atoms with Gasteiger partial charge in [-0.3, -0.25) is 9.36 Å². The molecule has 0 spiro atoms. The van der Waals surface area contributed by atoms with E-state index in [1.165, 1.54) is 11.8 Å². The maximum atomic E-state index is 12.5. The molecule has 0 unspecified atom stereocenters. The Kier molecular flexibility index (Phi) is 4.99. The molecule has 0 amide bonds. The highest BCUT2D eigenvalue weighted by atomic mass is 32.2. The first-order valence-electron chi connectivity index (χ1n) is 8.00. The number of aromatic nitrogens is 4. The van der Waals surface area contributed by atoms with Gasteiger partial charge in [-0.2, -0.15) is 4.98 Å². The van der Waals surface area contributed by atoms with E-state index in [0.29, 0.717) is 33.5 Å². The number of unbranched alkanes of at least 4 members (excludes halogenated alkanes) is 1. The van der Waals surface area contributed by atoms with E-state index in [9.17, 15) is 4.79 Å². The van der Waals surface area contributed by atoms with Crippen LogP contribution in [-0.4, -0.2) is 19.7 Å². The van der Waals surface area contributed by atoms with E-state index < -0.39 is 0 Å². The summed E-state index contributed by atoms with van der Waals surface area (Å²) >= 11 is 1.44. The Morgan fingerprint density at radius 1 is 1.29 bits per heavy atom. The number of nitrogens with zero attached hydrogens (tertiary/aromatic N) is 4. The summed E-state index contributed by atoms with van der Waals surface area (Å²) in [4.78, 5) is 21.5. The topological polar surface area (TPSA) is 73.8 Å². The van der Waals surface area contributed by atoms with Gasteiger partial charge in [-0.1, -0.05) is 41.9 Å². The minimum atomic E-state index is -0.0389. The second-order valence-electron chi connectivity index (χ2n) is 5.78. The van der Waals surface area contributed by atoms with Crippen molar-refractivity contribution in [1.82, 2.24) is 19.7 Å². The van der Waals surface area contributed by atoms with E-state index >= 15 is 0 Å². The summed E-state index contributed by atoms with van der Waals surface area (Å²) in [6, 6.07) is 5.72. The number of aryl methyl sites for hydroxylation is 2. The molecule has 2 aromatic heterocycles. The van der Waals surface area contributed by atoms with Crippen molar-refractivity contribution >= 4 is 22.7 Å². The Bertz CT molecular complexity index is 917. The summed E-state index contributed by atoms with van der Waals surface area (Å²) in [6.45, 7) is 4.09. The quantitative estimate of drug-likeness (QED) is 0.505. The van der Waals surface area contributed by atoms with Gasteiger partial charge in [-0.05, 0) is 25.5 Å². The van der Waals surface area contributed by atoms with Gasteiger partial charge in [-0.25, -0.2) is 4.98 Å². The van der Waals surface area contributed by atoms with Crippen molar-refractivity contribution in [2.24, 2.45) is 7.05 Å². The molecular weight excluding hydrogens is 324 g/mol. The number of benzene rings is 1. The normalized spacial score (nSPS) is 11.3. The largest absolute Gasteiger partial charge is 0.339 e. The van der Waals surface area contributed by atoms with E-state index in [1.54, 1.807) is 11.6 Å². The first kappa shape index (κ1) is 16.7. The van der Waals surface area contributed by atoms with Gasteiger partial charge in [-0.15, -0.1) is 0 Å². The van der Waals surface area contributed by atoms with Crippen LogP contribution in [0.25, 0.3) is 10.9 Å². The highest BCUT2D eigenvalue weighted by Gasteiger charge is 2.11. The summed E-state index contributed by atoms with van der Waals surface area (Å²) in [5.41, 5.74) is 1.72. The van der Waals surface area contributed by atoms with Crippen molar-refractivity contribution in [1.29, 1.82) is 0 Å². The summed E-state index contributed by atoms with van der Waals surface area (Å²) in [5.74, 6) is 1.82. The van der Waals surface area contributed by atoms with E-state index in [1.807, 2.05) is 25.1 Å². The fourth-order valence-electron chi connectivity index (χ4n) is 2.40. The third-order valence-electron chi connectivity index (χ3n) is 3.77. The minimum absolute atomic E-state index is 0.0389. The molecule has 126 valence electrons. The lowest BCUT2D eigenvalue weighted by Gasteiger charge is -2.08. The standard InChI is InChI=1S/C17H20N4O2S/c1-4-5-6-15-19-14(20-23-15)10-24-17-18-13-8-7-11(2)9-12(13)16(22)21(17)3/h7-9H,4-6,10H2,1-3H3. The molecule has 6 nitrogen and oxygen atoms in total. The lowest BCUT2D eigenvalue weighted by atomic mass is 10.2. The molecule has 0 saturated heterocycles. The SMILES string of the molecule is CCCCc1nc(CSc2nc3ccc(C)cc3c(=O)n2C)no1. The van der Waals surface area contributed by atoms with Crippen LogP contribution in [0, 0.1) is 6.92 Å². The Labute approximate surface area is 144 Å². The van der Waals surface area contributed by atoms with Crippen molar-refractivity contribution < 1.29 is 4.52 Å². The molecule has 24 heavy (non-hydrogen) atoms. The van der Waals surface area contributed by atoms with Crippen LogP contribution in [0.15, 0.2) is 32.7 Å². The Balaban J connectivity index is 1.80. The first-order valence-corrected chi connectivity index (χ1v) is 8.98. The number of hydrogen-bond acceptors (Lipinski definition) is 6. The van der Waals surface area contributed by atoms with Crippen molar-refractivity contribution in [3.63, 3.8) is 0 Å². The molecule has 0 bridgehead atoms. The fraction of sp³-hybridized carbons (Fsp3) is 0.412. The third-order valence-corrected chi connectivity index (χ3v) is 4.80. The van der Waals surface area contributed by atoms with Crippen molar-refractivity contribution in [2.75, 3.05) is 0 Å². The average Bonchev–Trinajstić information content (AvgIpc) is 3.03. The molecule has 0 aliphatic carbocycles. The van der Waals surface area contributed by atoms with Gasteiger partial charge >= 0.3 is 0 Å². The van der Waals surface area contributed by atoms with E-state index in [4.69, 9.17) is 4.52 Å². The van der Waals surface area contributed by atoms with Crippen molar-refractivity contribution in [3.8, 4) is 0 Å². The molecule has 3 rings (SSSR count). The van der Waals surface area contributed by atoms with Crippen LogP contribution in [0.2, 0.25) is 0 Å². The zero-order valence-corrected chi connectivity index (χ0v) is 14.9. The van der Waals surface area contributed by atoms with Crippen molar-refractivity contribution in [2.45, 2.75) is 44.0 Å². The molecule has 7 heteroatoms. The first-order chi connectivity index (χ1) is 11.6. The van der Waals surface area contributed by atoms with E-state index in [0.717, 1.165) is 24.8 Å². The third kappa shape index (κ3) is 3.51. The highest BCUT2D eigenvalue weighted by Crippen LogP contribution is 2.21. The number of fused-ring (bicyclic) bond motifs is 1. The van der Waals surface area contributed by atoms with E-state index in [2.05, 4.69) is 22.0 Å². The summed E-state index contributed by atoms with van der Waals surface area (Å²) < 4.78 is 6.80. The number of hydrogen-bond donors (Lipinski definition) is 0. The predicted molar refractivity (Wildman–Crippen MR) is 94.2 cm³/mol. The van der Waals surface area contributed by atoms with Crippen LogP contribution < -0.4 is 5.56 Å². The molecule has 0 saturated carbocycles. The zero-order chi connectivity index (χ0) is 17.1. The van der Waals surface area contributed by atoms with E-state index in [-0.39, 0.29) is 5.56 Å². The lowest BCUT2D eigenvalue weighted by Crippen LogP contribution is -2.20. The molecule has 0 aliphatic rings. The molecule has 2 heterocycles. The average molecular weight is 344 g/mol. The predicted octanol–water partition coefficient (Wildman–Crippen LogP) is 3.26. The molecular formula is C17H20N4O2S. The monoisotopic (exact) mass is 344 g/mol. The summed E-state index contributed by atoms with van der Waals surface area (Å²) in [5, 5.41) is 5.28. The van der Waals surface area contributed by atoms with Crippen LogP contribution in [0.5, 0.6) is 0 Å². The van der Waals surface area contributed by atoms with Crippen LogP contribution >= 0.6 is 11.8 Å². The molecule has 3 aromatic rings. The molecule has 0 fully saturated rings. The van der Waals surface area contributed by atoms with Crippen LogP contribution in [0.1, 0.15) is 37.0 Å².